The van der Waals surface area contributed by atoms with Crippen LogP contribution in [0.1, 0.15) is 30.5 Å². The molecule has 2 saturated heterocycles. The number of hydrogen-bond donors (Lipinski definition) is 3. The fourth-order valence-corrected chi connectivity index (χ4v) is 8.69. The Bertz CT molecular complexity index is 2300. The quantitative estimate of drug-likeness (QED) is 0.140. The van der Waals surface area contributed by atoms with E-state index in [1.54, 1.807) is 45.1 Å². The number of hydrogen-bond acceptors (Lipinski definition) is 14. The van der Waals surface area contributed by atoms with Crippen molar-refractivity contribution in [3.63, 3.8) is 0 Å². The van der Waals surface area contributed by atoms with E-state index in [4.69, 9.17) is 9.72 Å². The first-order chi connectivity index (χ1) is 26.4. The van der Waals surface area contributed by atoms with Gasteiger partial charge in [-0.1, -0.05) is 0 Å². The maximum absolute atomic E-state index is 13.5. The van der Waals surface area contributed by atoms with Gasteiger partial charge in [-0.05, 0) is 92.0 Å². The Balaban J connectivity index is 1.00. The Morgan fingerprint density at radius 3 is 2.49 bits per heavy atom. The Hall–Kier alpha value is -5.25. The summed E-state index contributed by atoms with van der Waals surface area (Å²) >= 11 is 3.57. The molecule has 18 heteroatoms. The highest BCUT2D eigenvalue weighted by Crippen LogP contribution is 2.42. The number of nitrogens with one attached hydrogen (secondary N) is 3. The normalized spacial score (nSPS) is 15.4. The third kappa shape index (κ3) is 8.38. The maximum Gasteiger partial charge on any atom is 0.329 e. The number of carbonyl (C=O) groups excluding carboxylic acids is 2. The third-order valence-corrected chi connectivity index (χ3v) is 11.9. The van der Waals surface area contributed by atoms with Crippen molar-refractivity contribution in [2.24, 2.45) is 0 Å². The first-order valence-electron chi connectivity index (χ1n) is 17.8. The molecule has 5 aromatic rings. The molecule has 0 unspecified atom stereocenters. The molecule has 55 heavy (non-hydrogen) atoms. The lowest BCUT2D eigenvalue weighted by atomic mass is 10.0. The number of carbonyl (C=O) groups is 2. The van der Waals surface area contributed by atoms with Crippen LogP contribution in [0.3, 0.4) is 0 Å². The van der Waals surface area contributed by atoms with Gasteiger partial charge in [-0.3, -0.25) is 29.9 Å². The largest absolute Gasteiger partial charge is 0.494 e. The third-order valence-electron chi connectivity index (χ3n) is 9.79. The second kappa shape index (κ2) is 15.8. The van der Waals surface area contributed by atoms with Crippen molar-refractivity contribution in [2.75, 3.05) is 67.6 Å². The molecular formula is C37H42BrN12O4P. The van der Waals surface area contributed by atoms with Gasteiger partial charge in [0.1, 0.15) is 24.2 Å². The van der Waals surface area contributed by atoms with E-state index in [9.17, 15) is 14.2 Å². The molecule has 2 aliphatic heterocycles. The molecule has 0 atom stereocenters. The number of amides is 3. The lowest BCUT2D eigenvalue weighted by molar-refractivity contribution is -0.120. The van der Waals surface area contributed by atoms with Crippen molar-refractivity contribution in [1.29, 1.82) is 0 Å². The van der Waals surface area contributed by atoms with Crippen LogP contribution in [0, 0.1) is 6.92 Å². The molecule has 3 N–H and O–H groups in total. The second-order valence-electron chi connectivity index (χ2n) is 14.0. The van der Waals surface area contributed by atoms with E-state index in [-0.39, 0.29) is 18.9 Å². The summed E-state index contributed by atoms with van der Waals surface area (Å²) in [4.78, 5) is 47.9. The van der Waals surface area contributed by atoms with Crippen molar-refractivity contribution in [3.8, 4) is 5.75 Å². The van der Waals surface area contributed by atoms with Crippen LogP contribution in [0.25, 0.3) is 11.0 Å². The molecule has 7 rings (SSSR count). The summed E-state index contributed by atoms with van der Waals surface area (Å²) in [6.07, 6.45) is 7.04. The minimum absolute atomic E-state index is 0.237. The first-order valence-corrected chi connectivity index (χ1v) is 21.2. The number of nitrogens with zero attached hydrogens (tertiary/aromatic N) is 9. The van der Waals surface area contributed by atoms with Crippen LogP contribution >= 0.6 is 23.1 Å². The van der Waals surface area contributed by atoms with E-state index >= 15 is 0 Å². The number of rotatable bonds is 11. The molecule has 0 spiro atoms. The minimum atomic E-state index is -2.77. The lowest BCUT2D eigenvalue weighted by Crippen LogP contribution is -2.50. The molecule has 2 aliphatic rings. The average Bonchev–Trinajstić information content (AvgIpc) is 3.16. The van der Waals surface area contributed by atoms with Crippen molar-refractivity contribution >= 4 is 86.0 Å². The highest BCUT2D eigenvalue weighted by Gasteiger charge is 2.28. The number of piperidine rings is 1. The summed E-state index contributed by atoms with van der Waals surface area (Å²) in [5.74, 6) is 1.64. The van der Waals surface area contributed by atoms with Gasteiger partial charge >= 0.3 is 6.03 Å². The topological polar surface area (TPSA) is 184 Å². The highest BCUT2D eigenvalue weighted by molar-refractivity contribution is 9.10. The molecule has 16 nitrogen and oxygen atoms in total. The van der Waals surface area contributed by atoms with E-state index in [2.05, 4.69) is 86.9 Å². The second-order valence-corrected chi connectivity index (χ2v) is 18.0. The molecule has 0 bridgehead atoms. The highest BCUT2D eigenvalue weighted by atomic mass is 79.9. The Labute approximate surface area is 327 Å². The van der Waals surface area contributed by atoms with Crippen LogP contribution in [-0.2, 0) is 15.9 Å². The average molecular weight is 830 g/mol. The molecule has 2 fully saturated rings. The molecule has 0 saturated carbocycles. The van der Waals surface area contributed by atoms with Crippen LogP contribution < -0.4 is 35.8 Å². The van der Waals surface area contributed by atoms with Gasteiger partial charge < -0.3 is 24.8 Å². The van der Waals surface area contributed by atoms with Crippen molar-refractivity contribution in [1.82, 2.24) is 40.3 Å². The molecule has 3 aromatic heterocycles. The van der Waals surface area contributed by atoms with Crippen LogP contribution in [0.5, 0.6) is 5.75 Å². The minimum Gasteiger partial charge on any atom is -0.494 e. The van der Waals surface area contributed by atoms with Gasteiger partial charge in [0, 0.05) is 69.0 Å². The number of halogens is 1. The molecule has 5 heterocycles. The van der Waals surface area contributed by atoms with Gasteiger partial charge in [0.05, 0.1) is 39.5 Å². The number of aryl methyl sites for hydroxylation is 1. The number of anilines is 6. The smallest absolute Gasteiger partial charge is 0.329 e. The summed E-state index contributed by atoms with van der Waals surface area (Å²) in [6, 6.07) is 11.3. The summed E-state index contributed by atoms with van der Waals surface area (Å²) < 4.78 is 19.9. The molecule has 0 aliphatic carbocycles. The fourth-order valence-electron chi connectivity index (χ4n) is 7.01. The zero-order chi connectivity index (χ0) is 38.9. The molecule has 286 valence electrons. The van der Waals surface area contributed by atoms with Crippen LogP contribution in [0.2, 0.25) is 0 Å². The molecule has 2 aromatic carbocycles. The van der Waals surface area contributed by atoms with Crippen LogP contribution in [0.15, 0.2) is 59.5 Å². The van der Waals surface area contributed by atoms with Crippen molar-refractivity contribution in [2.45, 2.75) is 38.8 Å². The van der Waals surface area contributed by atoms with E-state index < -0.39 is 13.2 Å². The Morgan fingerprint density at radius 1 is 1.00 bits per heavy atom. The van der Waals surface area contributed by atoms with E-state index in [1.807, 2.05) is 24.3 Å². The standard InChI is InChI=1S/C37H42BrN12O4P/c1-22-18-28(43-36-41-20-25(38)35(45-36)42-27-8-7-26-33(40-14-13-39-26)34(27)55(4,5)53)30(54-3)19-29(22)49-15-10-24(11-16-49)48(2)21-23-6-9-31(47-46-23)50-17-12-32(51)44-37(50)52/h6-9,13-14,18-20,24H,10-12,15-17,21H2,1-5H3,(H,44,51,52)(H2,41,42,43,45). The number of aromatic nitrogens is 6. The van der Waals surface area contributed by atoms with Gasteiger partial charge in [-0.2, -0.15) is 10.1 Å². The fraction of sp³-hybridized carbons (Fsp3) is 0.351. The van der Waals surface area contributed by atoms with E-state index in [0.29, 0.717) is 62.4 Å². The summed E-state index contributed by atoms with van der Waals surface area (Å²) in [5.41, 5.74) is 5.60. The van der Waals surface area contributed by atoms with E-state index in [1.165, 1.54) is 4.90 Å². The van der Waals surface area contributed by atoms with Gasteiger partial charge in [0.15, 0.2) is 5.82 Å². The molecule has 0 radical (unpaired) electrons. The lowest BCUT2D eigenvalue weighted by Gasteiger charge is -2.38. The van der Waals surface area contributed by atoms with Gasteiger partial charge in [0.25, 0.3) is 0 Å². The van der Waals surface area contributed by atoms with Gasteiger partial charge in [0.2, 0.25) is 11.9 Å². The molecular weight excluding hydrogens is 787 g/mol. The number of ether oxygens (including phenoxy) is 1. The van der Waals surface area contributed by atoms with Gasteiger partial charge in [-0.25, -0.2) is 9.78 Å². The zero-order valence-corrected chi connectivity index (χ0v) is 33.7. The predicted molar refractivity (Wildman–Crippen MR) is 217 cm³/mol. The zero-order valence-electron chi connectivity index (χ0n) is 31.2. The number of benzene rings is 2. The SMILES string of the molecule is COc1cc(N2CCC(N(C)Cc3ccc(N4CCC(=O)NC4=O)nn3)CC2)c(C)cc1Nc1ncc(Br)c(Nc2ccc3nccnc3c2P(C)(C)=O)n1. The van der Waals surface area contributed by atoms with Crippen molar-refractivity contribution < 1.29 is 18.9 Å². The number of urea groups is 1. The predicted octanol–water partition coefficient (Wildman–Crippen LogP) is 5.57. The monoisotopic (exact) mass is 828 g/mol. The summed E-state index contributed by atoms with van der Waals surface area (Å²) in [5, 5.41) is 18.2. The number of fused-ring (bicyclic) bond motifs is 1. The van der Waals surface area contributed by atoms with Gasteiger partial charge in [-0.15, -0.1) is 5.10 Å². The van der Waals surface area contributed by atoms with E-state index in [0.717, 1.165) is 48.6 Å². The number of imide groups is 1. The first kappa shape index (κ1) is 38.0. The Morgan fingerprint density at radius 2 is 1.78 bits per heavy atom. The van der Waals surface area contributed by atoms with Crippen molar-refractivity contribution in [3.05, 3.63) is 70.7 Å². The van der Waals surface area contributed by atoms with Crippen LogP contribution in [-0.4, -0.2) is 100 Å². The molecule has 3 amide bonds. The maximum atomic E-state index is 13.5. The number of methoxy groups -OCH3 is 1. The summed E-state index contributed by atoms with van der Waals surface area (Å²) in [6.45, 7) is 8.17. The Kier molecular flexibility index (Phi) is 11.0. The van der Waals surface area contributed by atoms with Crippen LogP contribution in [0.4, 0.5) is 39.4 Å². The summed E-state index contributed by atoms with van der Waals surface area (Å²) in [7, 11) is 0.972.